The van der Waals surface area contributed by atoms with E-state index in [0.29, 0.717) is 18.3 Å². The van der Waals surface area contributed by atoms with E-state index in [1.165, 1.54) is 0 Å². The van der Waals surface area contributed by atoms with Gasteiger partial charge in [-0.1, -0.05) is 0 Å². The second-order valence-electron chi connectivity index (χ2n) is 4.49. The summed E-state index contributed by atoms with van der Waals surface area (Å²) in [6.45, 7) is 5.24. The fourth-order valence-corrected chi connectivity index (χ4v) is 2.13. The van der Waals surface area contributed by atoms with Gasteiger partial charge in [0.1, 0.15) is 11.5 Å². The number of ether oxygens (including phenoxy) is 2. The van der Waals surface area contributed by atoms with Crippen molar-refractivity contribution < 1.29 is 40.5 Å². The summed E-state index contributed by atoms with van der Waals surface area (Å²) in [6.07, 6.45) is 0. The van der Waals surface area contributed by atoms with Gasteiger partial charge in [0.2, 0.25) is 0 Å². The minimum absolute atomic E-state index is 0. The molecular formula is C17H21N2NaO2S. The molecule has 6 heteroatoms. The van der Waals surface area contributed by atoms with Crippen LogP contribution in [0.3, 0.4) is 0 Å². The van der Waals surface area contributed by atoms with E-state index in [9.17, 15) is 0 Å². The van der Waals surface area contributed by atoms with Crippen molar-refractivity contribution in [1.29, 1.82) is 0 Å². The summed E-state index contributed by atoms with van der Waals surface area (Å²) in [7, 11) is 0. The molecule has 0 saturated carbocycles. The average Bonchev–Trinajstić information content (AvgIpc) is 2.52. The van der Waals surface area contributed by atoms with E-state index in [1.807, 2.05) is 62.4 Å². The average molecular weight is 340 g/mol. The molecule has 0 unspecified atom stereocenters. The fourth-order valence-electron chi connectivity index (χ4n) is 1.90. The van der Waals surface area contributed by atoms with Crippen LogP contribution in [0.25, 0.3) is 0 Å². The first kappa shape index (κ1) is 19.8. The largest absolute Gasteiger partial charge is 1.00 e. The molecule has 2 aromatic rings. The number of thiocarbonyl (C=S) groups is 1. The van der Waals surface area contributed by atoms with E-state index < -0.39 is 0 Å². The molecule has 0 amide bonds. The smallest absolute Gasteiger partial charge is 1.00 e. The molecule has 23 heavy (non-hydrogen) atoms. The molecule has 0 fully saturated rings. The molecule has 2 aromatic carbocycles. The van der Waals surface area contributed by atoms with Crippen molar-refractivity contribution in [3.8, 4) is 11.5 Å². The third-order valence-corrected chi connectivity index (χ3v) is 3.05. The Balaban J connectivity index is 0.00000264. The van der Waals surface area contributed by atoms with Crippen LogP contribution < -0.4 is 49.7 Å². The van der Waals surface area contributed by atoms with Crippen LogP contribution in [0.1, 0.15) is 15.3 Å². The summed E-state index contributed by atoms with van der Waals surface area (Å²) in [5.41, 5.74) is 1.82. The molecule has 2 rings (SSSR count). The van der Waals surface area contributed by atoms with Crippen LogP contribution >= 0.6 is 12.2 Å². The van der Waals surface area contributed by atoms with Gasteiger partial charge in [-0.05, 0) is 74.6 Å². The normalized spacial score (nSPS) is 9.48. The molecule has 0 aliphatic carbocycles. The zero-order valence-electron chi connectivity index (χ0n) is 14.8. The molecule has 0 heterocycles. The van der Waals surface area contributed by atoms with Crippen LogP contribution in [0.4, 0.5) is 11.4 Å². The molecule has 0 atom stereocenters. The van der Waals surface area contributed by atoms with E-state index in [2.05, 4.69) is 10.6 Å². The van der Waals surface area contributed by atoms with E-state index >= 15 is 0 Å². The minimum atomic E-state index is 0. The van der Waals surface area contributed by atoms with Gasteiger partial charge in [-0.2, -0.15) is 0 Å². The molecule has 0 aromatic heterocycles. The zero-order chi connectivity index (χ0) is 15.8. The van der Waals surface area contributed by atoms with Crippen molar-refractivity contribution in [3.05, 3.63) is 48.5 Å². The fraction of sp³-hybridized carbons (Fsp3) is 0.235. The standard InChI is InChI=1S/C17H20N2O2S.Na.H/c1-3-20-15-9-5-13(6-10-15)18-17(22)19-14-7-11-16(12-8-14)21-4-2;;/h5-12H,3-4H2,1-2H3,(H2,18,19,22);;/q;+1;-1. The van der Waals surface area contributed by atoms with Crippen molar-refractivity contribution >= 4 is 28.7 Å². The third-order valence-electron chi connectivity index (χ3n) is 2.85. The summed E-state index contributed by atoms with van der Waals surface area (Å²) in [5.74, 6) is 1.69. The molecule has 2 N–H and O–H groups in total. The Morgan fingerprint density at radius 3 is 1.48 bits per heavy atom. The van der Waals surface area contributed by atoms with E-state index in [0.717, 1.165) is 22.9 Å². The monoisotopic (exact) mass is 340 g/mol. The maximum atomic E-state index is 5.40. The van der Waals surface area contributed by atoms with Crippen LogP contribution in [0.2, 0.25) is 0 Å². The van der Waals surface area contributed by atoms with Gasteiger partial charge in [0, 0.05) is 11.4 Å². The van der Waals surface area contributed by atoms with Crippen molar-refractivity contribution in [2.75, 3.05) is 23.8 Å². The van der Waals surface area contributed by atoms with Gasteiger partial charge in [-0.3, -0.25) is 0 Å². The van der Waals surface area contributed by atoms with Gasteiger partial charge >= 0.3 is 29.6 Å². The van der Waals surface area contributed by atoms with Crippen LogP contribution in [0, 0.1) is 0 Å². The Kier molecular flexibility index (Phi) is 9.02. The Morgan fingerprint density at radius 1 is 0.826 bits per heavy atom. The Morgan fingerprint density at radius 2 is 1.17 bits per heavy atom. The Labute approximate surface area is 166 Å². The van der Waals surface area contributed by atoms with Gasteiger partial charge in [-0.15, -0.1) is 0 Å². The van der Waals surface area contributed by atoms with Gasteiger partial charge in [0.15, 0.2) is 5.11 Å². The van der Waals surface area contributed by atoms with E-state index in [1.54, 1.807) is 0 Å². The second kappa shape index (κ2) is 10.5. The summed E-state index contributed by atoms with van der Waals surface area (Å²) in [6, 6.07) is 15.3. The molecule has 0 bridgehead atoms. The third kappa shape index (κ3) is 6.79. The summed E-state index contributed by atoms with van der Waals surface area (Å²) in [5, 5.41) is 6.80. The van der Waals surface area contributed by atoms with Crippen LogP contribution in [0.5, 0.6) is 11.5 Å². The predicted molar refractivity (Wildman–Crippen MR) is 96.2 cm³/mol. The molecular weight excluding hydrogens is 319 g/mol. The van der Waals surface area contributed by atoms with Gasteiger partial charge in [-0.25, -0.2) is 0 Å². The maximum absolute atomic E-state index is 5.40. The number of hydrogen-bond acceptors (Lipinski definition) is 3. The molecule has 0 radical (unpaired) electrons. The van der Waals surface area contributed by atoms with E-state index in [4.69, 9.17) is 21.7 Å². The first-order valence-corrected chi connectivity index (χ1v) is 7.65. The maximum Gasteiger partial charge on any atom is 1.00 e. The SMILES string of the molecule is CCOc1ccc(NC(=S)Nc2ccc(OCC)cc2)cc1.[H-].[Na+]. The Hall–Kier alpha value is -1.27. The van der Waals surface area contributed by atoms with Gasteiger partial charge < -0.3 is 21.5 Å². The quantitative estimate of drug-likeness (QED) is 0.615. The molecule has 4 nitrogen and oxygen atoms in total. The number of hydrogen-bond donors (Lipinski definition) is 2. The first-order chi connectivity index (χ1) is 10.7. The van der Waals surface area contributed by atoms with E-state index in [-0.39, 0.29) is 31.0 Å². The van der Waals surface area contributed by atoms with Crippen LogP contribution in [-0.4, -0.2) is 18.3 Å². The number of benzene rings is 2. The summed E-state index contributed by atoms with van der Waals surface area (Å²) < 4.78 is 10.8. The number of rotatable bonds is 6. The van der Waals surface area contributed by atoms with Crippen molar-refractivity contribution in [2.45, 2.75) is 13.8 Å². The predicted octanol–water partition coefficient (Wildman–Crippen LogP) is 1.41. The van der Waals surface area contributed by atoms with Gasteiger partial charge in [0.05, 0.1) is 13.2 Å². The molecule has 0 saturated heterocycles. The summed E-state index contributed by atoms with van der Waals surface area (Å²) in [4.78, 5) is 0. The summed E-state index contributed by atoms with van der Waals surface area (Å²) >= 11 is 5.30. The van der Waals surface area contributed by atoms with Crippen molar-refractivity contribution in [3.63, 3.8) is 0 Å². The minimum Gasteiger partial charge on any atom is -1.00 e. The number of nitrogens with one attached hydrogen (secondary N) is 2. The van der Waals surface area contributed by atoms with Gasteiger partial charge in [0.25, 0.3) is 0 Å². The van der Waals surface area contributed by atoms with Crippen LogP contribution in [-0.2, 0) is 0 Å². The van der Waals surface area contributed by atoms with Crippen molar-refractivity contribution in [1.82, 2.24) is 0 Å². The Bertz CT molecular complexity index is 555. The second-order valence-corrected chi connectivity index (χ2v) is 4.90. The topological polar surface area (TPSA) is 42.5 Å². The molecule has 0 spiro atoms. The molecule has 118 valence electrons. The van der Waals surface area contributed by atoms with Crippen molar-refractivity contribution in [2.24, 2.45) is 0 Å². The van der Waals surface area contributed by atoms with Crippen LogP contribution in [0.15, 0.2) is 48.5 Å². The first-order valence-electron chi connectivity index (χ1n) is 7.25. The number of anilines is 2. The molecule has 0 aliphatic rings. The molecule has 0 aliphatic heterocycles. The zero-order valence-corrected chi connectivity index (χ0v) is 16.6.